The average molecular weight is 387 g/mol. The summed E-state index contributed by atoms with van der Waals surface area (Å²) in [5.74, 6) is 0.00315. The van der Waals surface area contributed by atoms with Crippen molar-refractivity contribution in [1.29, 1.82) is 0 Å². The lowest BCUT2D eigenvalue weighted by atomic mass is 10.1. The second kappa shape index (κ2) is 6.90. The Morgan fingerprint density at radius 2 is 2.04 bits per heavy atom. The maximum Gasteiger partial charge on any atom is 0.268 e. The summed E-state index contributed by atoms with van der Waals surface area (Å²) < 4.78 is 8.56. The summed E-state index contributed by atoms with van der Waals surface area (Å²) >= 11 is 1.38. The number of fused-ring (bicyclic) bond motifs is 1. The normalized spacial score (nSPS) is 14.9. The molecule has 0 saturated carbocycles. The Morgan fingerprint density at radius 1 is 1.30 bits per heavy atom. The van der Waals surface area contributed by atoms with Gasteiger partial charge in [0.1, 0.15) is 0 Å². The summed E-state index contributed by atoms with van der Waals surface area (Å²) in [4.78, 5) is 32.9. The fourth-order valence-corrected chi connectivity index (χ4v) is 4.37. The first kappa shape index (κ1) is 17.9. The third-order valence-electron chi connectivity index (χ3n) is 4.78. The molecule has 0 N–H and O–H groups in total. The molecule has 1 aliphatic heterocycles. The van der Waals surface area contributed by atoms with E-state index in [2.05, 4.69) is 10.1 Å². The number of morpholine rings is 1. The van der Waals surface area contributed by atoms with E-state index in [1.807, 2.05) is 32.3 Å². The van der Waals surface area contributed by atoms with E-state index in [9.17, 15) is 9.59 Å². The van der Waals surface area contributed by atoms with Crippen LogP contribution in [0, 0.1) is 13.8 Å². The number of rotatable bonds is 3. The van der Waals surface area contributed by atoms with Crippen LogP contribution in [0.15, 0.2) is 16.2 Å². The molecule has 3 aromatic rings. The number of aryl methyl sites for hydroxylation is 3. The van der Waals surface area contributed by atoms with E-state index in [4.69, 9.17) is 4.74 Å². The molecule has 0 radical (unpaired) electrons. The van der Waals surface area contributed by atoms with Crippen LogP contribution in [0.1, 0.15) is 17.1 Å². The summed E-state index contributed by atoms with van der Waals surface area (Å²) in [5.41, 5.74) is 3.26. The van der Waals surface area contributed by atoms with Gasteiger partial charge in [0.25, 0.3) is 5.56 Å². The molecule has 8 nitrogen and oxygen atoms in total. The smallest absolute Gasteiger partial charge is 0.268 e. The van der Waals surface area contributed by atoms with Gasteiger partial charge in [-0.1, -0.05) is 0 Å². The maximum atomic E-state index is 13.3. The highest BCUT2D eigenvalue weighted by molar-refractivity contribution is 7.15. The van der Waals surface area contributed by atoms with Crippen molar-refractivity contribution in [2.75, 3.05) is 26.3 Å². The standard InChI is InChI=1S/C18H21N5O3S/c1-11-8-14(21(3)20-11)16-12(2)19-18-23(17(16)25)13(10-27-18)9-15(24)22-4-6-26-7-5-22/h8,10H,4-7,9H2,1-3H3. The number of nitrogens with zero attached hydrogens (tertiary/aromatic N) is 5. The van der Waals surface area contributed by atoms with E-state index in [0.29, 0.717) is 48.2 Å². The molecule has 1 saturated heterocycles. The van der Waals surface area contributed by atoms with Crippen LogP contribution < -0.4 is 5.56 Å². The van der Waals surface area contributed by atoms with E-state index in [1.54, 1.807) is 14.0 Å². The van der Waals surface area contributed by atoms with Crippen molar-refractivity contribution in [2.45, 2.75) is 20.3 Å². The first-order valence-electron chi connectivity index (χ1n) is 8.82. The van der Waals surface area contributed by atoms with Crippen molar-refractivity contribution in [1.82, 2.24) is 24.1 Å². The zero-order valence-corrected chi connectivity index (χ0v) is 16.4. The number of thiazole rings is 1. The molecular weight excluding hydrogens is 366 g/mol. The SMILES string of the molecule is Cc1cc(-c2c(C)nc3scc(CC(=O)N4CCOCC4)n3c2=O)n(C)n1. The molecule has 0 bridgehead atoms. The summed E-state index contributed by atoms with van der Waals surface area (Å²) in [6.45, 7) is 6.01. The summed E-state index contributed by atoms with van der Waals surface area (Å²) in [7, 11) is 1.81. The molecule has 4 heterocycles. The van der Waals surface area contributed by atoms with Crippen LogP contribution >= 0.6 is 11.3 Å². The van der Waals surface area contributed by atoms with Crippen molar-refractivity contribution in [3.8, 4) is 11.3 Å². The number of hydrogen-bond acceptors (Lipinski definition) is 6. The molecular formula is C18H21N5O3S. The molecule has 1 fully saturated rings. The Balaban J connectivity index is 1.77. The first-order chi connectivity index (χ1) is 13.0. The second-order valence-electron chi connectivity index (χ2n) is 6.69. The van der Waals surface area contributed by atoms with Gasteiger partial charge >= 0.3 is 0 Å². The van der Waals surface area contributed by atoms with Gasteiger partial charge in [-0.25, -0.2) is 4.98 Å². The maximum absolute atomic E-state index is 13.3. The third-order valence-corrected chi connectivity index (χ3v) is 5.65. The van der Waals surface area contributed by atoms with Gasteiger partial charge in [-0.2, -0.15) is 5.10 Å². The Morgan fingerprint density at radius 3 is 2.70 bits per heavy atom. The van der Waals surface area contributed by atoms with E-state index < -0.39 is 0 Å². The van der Waals surface area contributed by atoms with E-state index >= 15 is 0 Å². The van der Waals surface area contributed by atoms with Crippen molar-refractivity contribution in [3.63, 3.8) is 0 Å². The molecule has 3 aromatic heterocycles. The van der Waals surface area contributed by atoms with Crippen molar-refractivity contribution in [3.05, 3.63) is 38.9 Å². The molecule has 0 spiro atoms. The fourth-order valence-electron chi connectivity index (χ4n) is 3.45. The topological polar surface area (TPSA) is 81.7 Å². The highest BCUT2D eigenvalue weighted by atomic mass is 32.1. The third kappa shape index (κ3) is 3.17. The predicted molar refractivity (Wildman–Crippen MR) is 102 cm³/mol. The molecule has 0 unspecified atom stereocenters. The zero-order valence-electron chi connectivity index (χ0n) is 15.6. The van der Waals surface area contributed by atoms with Gasteiger partial charge in [-0.3, -0.25) is 18.7 Å². The molecule has 9 heteroatoms. The van der Waals surface area contributed by atoms with Crippen molar-refractivity contribution >= 4 is 22.2 Å². The lowest BCUT2D eigenvalue weighted by Gasteiger charge is -2.26. The van der Waals surface area contributed by atoms with Crippen LogP contribution in [0.2, 0.25) is 0 Å². The number of amides is 1. The van der Waals surface area contributed by atoms with Crippen LogP contribution in [0.4, 0.5) is 0 Å². The lowest BCUT2D eigenvalue weighted by Crippen LogP contribution is -2.41. The summed E-state index contributed by atoms with van der Waals surface area (Å²) in [6.07, 6.45) is 0.175. The molecule has 0 aromatic carbocycles. The summed E-state index contributed by atoms with van der Waals surface area (Å²) in [6, 6.07) is 1.88. The Hall–Kier alpha value is -2.52. The van der Waals surface area contributed by atoms with Crippen LogP contribution in [-0.4, -0.2) is 56.3 Å². The van der Waals surface area contributed by atoms with Gasteiger partial charge in [0, 0.05) is 31.2 Å². The van der Waals surface area contributed by atoms with Gasteiger partial charge in [0.05, 0.1) is 42.3 Å². The molecule has 0 aliphatic carbocycles. The number of ether oxygens (including phenoxy) is 1. The lowest BCUT2D eigenvalue weighted by molar-refractivity contribution is -0.134. The number of carbonyl (C=O) groups is 1. The van der Waals surface area contributed by atoms with Crippen molar-refractivity contribution < 1.29 is 9.53 Å². The van der Waals surface area contributed by atoms with E-state index in [-0.39, 0.29) is 17.9 Å². The minimum absolute atomic E-state index is 0.00315. The number of aromatic nitrogens is 4. The quantitative estimate of drug-likeness (QED) is 0.674. The van der Waals surface area contributed by atoms with Gasteiger partial charge < -0.3 is 9.64 Å². The van der Waals surface area contributed by atoms with Gasteiger partial charge in [-0.05, 0) is 19.9 Å². The predicted octanol–water partition coefficient (Wildman–Crippen LogP) is 1.17. The van der Waals surface area contributed by atoms with E-state index in [1.165, 1.54) is 11.3 Å². The minimum atomic E-state index is -0.161. The Kier molecular flexibility index (Phi) is 4.56. The van der Waals surface area contributed by atoms with Crippen LogP contribution in [0.25, 0.3) is 16.2 Å². The first-order valence-corrected chi connectivity index (χ1v) is 9.70. The zero-order chi connectivity index (χ0) is 19.1. The van der Waals surface area contributed by atoms with Crippen LogP contribution in [0.3, 0.4) is 0 Å². The van der Waals surface area contributed by atoms with Gasteiger partial charge in [-0.15, -0.1) is 11.3 Å². The fraction of sp³-hybridized carbons (Fsp3) is 0.444. The van der Waals surface area contributed by atoms with Crippen LogP contribution in [0.5, 0.6) is 0 Å². The largest absolute Gasteiger partial charge is 0.378 e. The molecule has 4 rings (SSSR count). The Bertz CT molecular complexity index is 1070. The molecule has 142 valence electrons. The number of carbonyl (C=O) groups excluding carboxylic acids is 1. The monoisotopic (exact) mass is 387 g/mol. The minimum Gasteiger partial charge on any atom is -0.378 e. The van der Waals surface area contributed by atoms with Crippen LogP contribution in [-0.2, 0) is 23.0 Å². The van der Waals surface area contributed by atoms with Gasteiger partial charge in [0.2, 0.25) is 5.91 Å². The highest BCUT2D eigenvalue weighted by Gasteiger charge is 2.22. The molecule has 27 heavy (non-hydrogen) atoms. The summed E-state index contributed by atoms with van der Waals surface area (Å²) in [5, 5.41) is 6.19. The number of hydrogen-bond donors (Lipinski definition) is 0. The van der Waals surface area contributed by atoms with Gasteiger partial charge in [0.15, 0.2) is 4.96 Å². The average Bonchev–Trinajstić information content (AvgIpc) is 3.18. The molecule has 0 atom stereocenters. The van der Waals surface area contributed by atoms with Crippen molar-refractivity contribution in [2.24, 2.45) is 7.05 Å². The molecule has 1 amide bonds. The van der Waals surface area contributed by atoms with E-state index in [0.717, 1.165) is 11.4 Å². The second-order valence-corrected chi connectivity index (χ2v) is 7.52. The highest BCUT2D eigenvalue weighted by Crippen LogP contribution is 2.22. The Labute approximate surface area is 160 Å². The molecule has 1 aliphatic rings.